The number of benzene rings is 2. The number of rotatable bonds is 3. The smallest absolute Gasteiger partial charge is 0.251 e. The Bertz CT molecular complexity index is 1060. The number of nitrogens with zero attached hydrogens (tertiary/aromatic N) is 1. The summed E-state index contributed by atoms with van der Waals surface area (Å²) in [6.07, 6.45) is 2.21. The van der Waals surface area contributed by atoms with Crippen LogP contribution in [0.5, 0.6) is 5.75 Å². The van der Waals surface area contributed by atoms with Crippen LogP contribution in [0.4, 0.5) is 5.69 Å². The van der Waals surface area contributed by atoms with Crippen molar-refractivity contribution < 1.29 is 17.9 Å². The molecule has 2 aliphatic rings. The van der Waals surface area contributed by atoms with Crippen LogP contribution in [0.25, 0.3) is 0 Å². The van der Waals surface area contributed by atoms with Crippen molar-refractivity contribution >= 4 is 21.6 Å². The summed E-state index contributed by atoms with van der Waals surface area (Å²) in [5.41, 5.74) is 2.83. The number of hydrogen-bond donors (Lipinski definition) is 1. The standard InChI is InChI=1S/C23H28N2O4S/c1-16-6-11-21-19(14-16)20(15-23(2,3)29-21)24-22(26)17-7-9-18(10-8-17)25-12-4-5-13-30(25,27)28/h6-11,14,20H,4-5,12-13,15H2,1-3H3,(H,24,26)/t20-/m1/s1. The second-order valence-electron chi connectivity index (χ2n) is 8.78. The minimum atomic E-state index is -3.26. The van der Waals surface area contributed by atoms with E-state index < -0.39 is 10.0 Å². The molecule has 0 spiro atoms. The highest BCUT2D eigenvalue weighted by Crippen LogP contribution is 2.40. The van der Waals surface area contributed by atoms with E-state index in [2.05, 4.69) is 11.4 Å². The molecule has 1 saturated heterocycles. The molecule has 4 rings (SSSR count). The first-order chi connectivity index (χ1) is 14.1. The molecule has 0 aromatic heterocycles. The van der Waals surface area contributed by atoms with Crippen molar-refractivity contribution in [2.24, 2.45) is 0 Å². The summed E-state index contributed by atoms with van der Waals surface area (Å²) in [5, 5.41) is 3.14. The third-order valence-electron chi connectivity index (χ3n) is 5.69. The van der Waals surface area contributed by atoms with Gasteiger partial charge in [0.15, 0.2) is 0 Å². The molecule has 30 heavy (non-hydrogen) atoms. The van der Waals surface area contributed by atoms with Gasteiger partial charge in [0.05, 0.1) is 17.5 Å². The molecule has 2 heterocycles. The van der Waals surface area contributed by atoms with Crippen LogP contribution in [0.2, 0.25) is 0 Å². The third kappa shape index (κ3) is 4.17. The molecule has 0 bridgehead atoms. The fourth-order valence-electron chi connectivity index (χ4n) is 4.20. The number of amides is 1. The summed E-state index contributed by atoms with van der Waals surface area (Å²) in [7, 11) is -3.26. The zero-order chi connectivity index (χ0) is 21.5. The first-order valence-electron chi connectivity index (χ1n) is 10.4. The zero-order valence-corrected chi connectivity index (χ0v) is 18.5. The van der Waals surface area contributed by atoms with Gasteiger partial charge in [-0.25, -0.2) is 8.42 Å². The van der Waals surface area contributed by atoms with Gasteiger partial charge >= 0.3 is 0 Å². The molecule has 0 radical (unpaired) electrons. The number of nitrogens with one attached hydrogen (secondary N) is 1. The molecule has 1 N–H and O–H groups in total. The number of fused-ring (bicyclic) bond motifs is 1. The molecule has 160 valence electrons. The lowest BCUT2D eigenvalue weighted by Gasteiger charge is -2.38. The second kappa shape index (κ2) is 7.61. The highest BCUT2D eigenvalue weighted by atomic mass is 32.2. The Hall–Kier alpha value is -2.54. The fraction of sp³-hybridized carbons (Fsp3) is 0.435. The SMILES string of the molecule is Cc1ccc2c(c1)[C@H](NC(=O)c1ccc(N3CCCCS3(=O)=O)cc1)CC(C)(C)O2. The van der Waals surface area contributed by atoms with E-state index in [0.717, 1.165) is 23.3 Å². The van der Waals surface area contributed by atoms with Gasteiger partial charge in [0.25, 0.3) is 5.91 Å². The molecule has 1 atom stereocenters. The molecule has 2 aromatic rings. The molecule has 6 nitrogen and oxygen atoms in total. The number of aryl methyl sites for hydroxylation is 1. The number of anilines is 1. The number of carbonyl (C=O) groups is 1. The van der Waals surface area contributed by atoms with E-state index in [9.17, 15) is 13.2 Å². The summed E-state index contributed by atoms with van der Waals surface area (Å²) in [5.74, 6) is 0.791. The summed E-state index contributed by atoms with van der Waals surface area (Å²) in [6, 6.07) is 12.7. The Balaban J connectivity index is 1.54. The molecule has 7 heteroatoms. The van der Waals surface area contributed by atoms with E-state index >= 15 is 0 Å². The van der Waals surface area contributed by atoms with Crippen LogP contribution in [-0.4, -0.2) is 32.2 Å². The van der Waals surface area contributed by atoms with Crippen LogP contribution < -0.4 is 14.4 Å². The number of carbonyl (C=O) groups excluding carboxylic acids is 1. The van der Waals surface area contributed by atoms with Crippen LogP contribution in [0, 0.1) is 6.92 Å². The van der Waals surface area contributed by atoms with Gasteiger partial charge in [-0.3, -0.25) is 9.10 Å². The predicted molar refractivity (Wildman–Crippen MR) is 118 cm³/mol. The Kier molecular flexibility index (Phi) is 5.26. The lowest BCUT2D eigenvalue weighted by molar-refractivity contribution is 0.0619. The zero-order valence-electron chi connectivity index (χ0n) is 17.6. The Labute approximate surface area is 178 Å². The maximum absolute atomic E-state index is 12.9. The average Bonchev–Trinajstić information content (AvgIpc) is 2.68. The van der Waals surface area contributed by atoms with Gasteiger partial charge in [0.2, 0.25) is 10.0 Å². The normalized spacial score (nSPS) is 22.0. The van der Waals surface area contributed by atoms with E-state index in [1.54, 1.807) is 24.3 Å². The largest absolute Gasteiger partial charge is 0.487 e. The van der Waals surface area contributed by atoms with Gasteiger partial charge in [-0.2, -0.15) is 0 Å². The van der Waals surface area contributed by atoms with Crippen molar-refractivity contribution in [3.8, 4) is 5.75 Å². The molecule has 1 fully saturated rings. The average molecular weight is 429 g/mol. The summed E-state index contributed by atoms with van der Waals surface area (Å²) in [6.45, 7) is 6.54. The number of ether oxygens (including phenoxy) is 1. The van der Waals surface area contributed by atoms with Crippen LogP contribution in [0.3, 0.4) is 0 Å². The van der Waals surface area contributed by atoms with E-state index in [0.29, 0.717) is 30.6 Å². The van der Waals surface area contributed by atoms with Crippen molar-refractivity contribution in [1.82, 2.24) is 5.32 Å². The van der Waals surface area contributed by atoms with Crippen molar-refractivity contribution in [2.45, 2.75) is 51.7 Å². The fourth-order valence-corrected chi connectivity index (χ4v) is 5.84. The first kappa shape index (κ1) is 20.7. The number of sulfonamides is 1. The molecular formula is C23H28N2O4S. The van der Waals surface area contributed by atoms with Crippen molar-refractivity contribution in [3.63, 3.8) is 0 Å². The van der Waals surface area contributed by atoms with Crippen LogP contribution in [0.1, 0.15) is 60.6 Å². The van der Waals surface area contributed by atoms with Gasteiger partial charge < -0.3 is 10.1 Å². The molecular weight excluding hydrogens is 400 g/mol. The van der Waals surface area contributed by atoms with Crippen LogP contribution in [-0.2, 0) is 10.0 Å². The molecule has 2 aliphatic heterocycles. The lowest BCUT2D eigenvalue weighted by Crippen LogP contribution is -2.41. The summed E-state index contributed by atoms with van der Waals surface area (Å²) in [4.78, 5) is 12.9. The topological polar surface area (TPSA) is 75.7 Å². The Morgan fingerprint density at radius 1 is 1.13 bits per heavy atom. The third-order valence-corrected chi connectivity index (χ3v) is 7.56. The molecule has 0 aliphatic carbocycles. The van der Waals surface area contributed by atoms with E-state index in [1.807, 2.05) is 32.9 Å². The van der Waals surface area contributed by atoms with Gasteiger partial charge in [-0.05, 0) is 63.9 Å². The van der Waals surface area contributed by atoms with Crippen molar-refractivity contribution in [3.05, 3.63) is 59.2 Å². The van der Waals surface area contributed by atoms with Gasteiger partial charge in [0.1, 0.15) is 11.4 Å². The minimum absolute atomic E-state index is 0.154. The minimum Gasteiger partial charge on any atom is -0.487 e. The van der Waals surface area contributed by atoms with E-state index in [4.69, 9.17) is 4.74 Å². The van der Waals surface area contributed by atoms with Crippen LogP contribution >= 0.6 is 0 Å². The van der Waals surface area contributed by atoms with Crippen LogP contribution in [0.15, 0.2) is 42.5 Å². The van der Waals surface area contributed by atoms with Crippen molar-refractivity contribution in [2.75, 3.05) is 16.6 Å². The molecule has 0 unspecified atom stereocenters. The Morgan fingerprint density at radius 3 is 2.57 bits per heavy atom. The van der Waals surface area contributed by atoms with Gasteiger partial charge in [0, 0.05) is 24.1 Å². The predicted octanol–water partition coefficient (Wildman–Crippen LogP) is 3.96. The Morgan fingerprint density at radius 2 is 1.87 bits per heavy atom. The highest BCUT2D eigenvalue weighted by Gasteiger charge is 2.34. The number of hydrogen-bond acceptors (Lipinski definition) is 4. The maximum Gasteiger partial charge on any atom is 0.251 e. The maximum atomic E-state index is 12.9. The first-order valence-corrected chi connectivity index (χ1v) is 12.0. The van der Waals surface area contributed by atoms with Crippen molar-refractivity contribution in [1.29, 1.82) is 0 Å². The summed E-state index contributed by atoms with van der Waals surface area (Å²) >= 11 is 0. The van der Waals surface area contributed by atoms with Gasteiger partial charge in [-0.1, -0.05) is 17.7 Å². The van der Waals surface area contributed by atoms with Gasteiger partial charge in [-0.15, -0.1) is 0 Å². The summed E-state index contributed by atoms with van der Waals surface area (Å²) < 4.78 is 32.1. The molecule has 2 aromatic carbocycles. The van der Waals surface area contributed by atoms with E-state index in [-0.39, 0.29) is 23.3 Å². The lowest BCUT2D eigenvalue weighted by atomic mass is 9.88. The second-order valence-corrected chi connectivity index (χ2v) is 10.8. The quantitative estimate of drug-likeness (QED) is 0.803. The highest BCUT2D eigenvalue weighted by molar-refractivity contribution is 7.92. The molecule has 0 saturated carbocycles. The monoisotopic (exact) mass is 428 g/mol. The molecule has 1 amide bonds. The van der Waals surface area contributed by atoms with E-state index in [1.165, 1.54) is 4.31 Å².